The topological polar surface area (TPSA) is 87.7 Å². The van der Waals surface area contributed by atoms with Crippen molar-refractivity contribution in [3.05, 3.63) is 81.2 Å². The van der Waals surface area contributed by atoms with Gasteiger partial charge < -0.3 is 10.3 Å². The zero-order valence-electron chi connectivity index (χ0n) is 15.8. The first-order valence-electron chi connectivity index (χ1n) is 9.54. The summed E-state index contributed by atoms with van der Waals surface area (Å²) in [6.07, 6.45) is 3.73. The highest BCUT2D eigenvalue weighted by molar-refractivity contribution is 5.94. The van der Waals surface area contributed by atoms with Gasteiger partial charge in [-0.2, -0.15) is 0 Å². The quantitative estimate of drug-likeness (QED) is 0.719. The SMILES string of the molecule is Cc1nc(CCNC(=O)c2ccc(-c3ccccc3)[nH]c2=O)nc2c1CCC2. The molecule has 0 saturated carbocycles. The molecule has 0 spiro atoms. The van der Waals surface area contributed by atoms with Gasteiger partial charge in [-0.15, -0.1) is 0 Å². The average molecular weight is 374 g/mol. The minimum absolute atomic E-state index is 0.103. The van der Waals surface area contributed by atoms with E-state index in [0.29, 0.717) is 18.7 Å². The summed E-state index contributed by atoms with van der Waals surface area (Å²) in [5, 5.41) is 2.80. The molecule has 28 heavy (non-hydrogen) atoms. The van der Waals surface area contributed by atoms with E-state index in [-0.39, 0.29) is 5.56 Å². The Labute approximate surface area is 163 Å². The third-order valence-corrected chi connectivity index (χ3v) is 5.06. The number of aryl methyl sites for hydroxylation is 2. The van der Waals surface area contributed by atoms with E-state index in [4.69, 9.17) is 0 Å². The number of hydrogen-bond acceptors (Lipinski definition) is 4. The smallest absolute Gasteiger partial charge is 0.261 e. The molecule has 0 unspecified atom stereocenters. The Morgan fingerprint density at radius 3 is 2.71 bits per heavy atom. The molecular formula is C22H22N4O2. The first-order chi connectivity index (χ1) is 13.6. The molecule has 3 aromatic rings. The lowest BCUT2D eigenvalue weighted by molar-refractivity contribution is 0.0952. The molecule has 2 heterocycles. The number of fused-ring (bicyclic) bond motifs is 1. The molecule has 1 amide bonds. The van der Waals surface area contributed by atoms with Gasteiger partial charge in [0.15, 0.2) is 0 Å². The molecule has 2 N–H and O–H groups in total. The van der Waals surface area contributed by atoms with Crippen LogP contribution in [0.4, 0.5) is 0 Å². The molecule has 2 aromatic heterocycles. The molecule has 1 aromatic carbocycles. The van der Waals surface area contributed by atoms with Crippen LogP contribution in [0.3, 0.4) is 0 Å². The average Bonchev–Trinajstić information content (AvgIpc) is 3.18. The van der Waals surface area contributed by atoms with Gasteiger partial charge in [0.25, 0.3) is 11.5 Å². The van der Waals surface area contributed by atoms with Crippen LogP contribution in [0, 0.1) is 6.92 Å². The van der Waals surface area contributed by atoms with Crippen molar-refractivity contribution in [3.63, 3.8) is 0 Å². The highest BCUT2D eigenvalue weighted by atomic mass is 16.2. The van der Waals surface area contributed by atoms with Crippen molar-refractivity contribution in [1.82, 2.24) is 20.3 Å². The van der Waals surface area contributed by atoms with E-state index in [1.165, 1.54) is 5.56 Å². The molecule has 1 aliphatic carbocycles. The van der Waals surface area contributed by atoms with E-state index in [2.05, 4.69) is 20.3 Å². The Morgan fingerprint density at radius 2 is 1.93 bits per heavy atom. The first-order valence-corrected chi connectivity index (χ1v) is 9.54. The van der Waals surface area contributed by atoms with Gasteiger partial charge in [-0.25, -0.2) is 9.97 Å². The molecule has 1 aliphatic rings. The van der Waals surface area contributed by atoms with Crippen LogP contribution in [0.2, 0.25) is 0 Å². The Kier molecular flexibility index (Phi) is 5.02. The summed E-state index contributed by atoms with van der Waals surface area (Å²) in [7, 11) is 0. The summed E-state index contributed by atoms with van der Waals surface area (Å²) in [4.78, 5) is 36.6. The van der Waals surface area contributed by atoms with Crippen molar-refractivity contribution < 1.29 is 4.79 Å². The maximum absolute atomic E-state index is 12.4. The molecule has 0 bridgehead atoms. The summed E-state index contributed by atoms with van der Waals surface area (Å²) in [6, 6.07) is 12.8. The van der Waals surface area contributed by atoms with Gasteiger partial charge in [0.1, 0.15) is 11.4 Å². The number of aromatic amines is 1. The number of carbonyl (C=O) groups excluding carboxylic acids is 1. The van der Waals surface area contributed by atoms with Crippen LogP contribution in [-0.4, -0.2) is 27.4 Å². The van der Waals surface area contributed by atoms with Gasteiger partial charge in [-0.05, 0) is 49.4 Å². The normalized spacial score (nSPS) is 12.6. The summed E-state index contributed by atoms with van der Waals surface area (Å²) >= 11 is 0. The third kappa shape index (κ3) is 3.71. The monoisotopic (exact) mass is 374 g/mol. The standard InChI is InChI=1S/C22H22N4O2/c1-14-16-8-5-9-19(16)25-20(24-14)12-13-23-21(27)17-10-11-18(26-22(17)28)15-6-3-2-4-7-15/h2-4,6-7,10-11H,5,8-9,12-13H2,1H3,(H,23,27)(H,26,28). The van der Waals surface area contributed by atoms with Crippen molar-refractivity contribution in [2.75, 3.05) is 6.54 Å². The minimum atomic E-state index is -0.400. The van der Waals surface area contributed by atoms with Crippen LogP contribution in [0.15, 0.2) is 47.3 Å². The molecule has 6 nitrogen and oxygen atoms in total. The summed E-state index contributed by atoms with van der Waals surface area (Å²) in [5.74, 6) is 0.352. The number of amides is 1. The van der Waals surface area contributed by atoms with E-state index in [9.17, 15) is 9.59 Å². The maximum atomic E-state index is 12.4. The van der Waals surface area contributed by atoms with E-state index in [1.807, 2.05) is 37.3 Å². The molecule has 0 saturated heterocycles. The number of benzene rings is 1. The maximum Gasteiger partial charge on any atom is 0.261 e. The zero-order chi connectivity index (χ0) is 19.5. The zero-order valence-corrected chi connectivity index (χ0v) is 15.8. The molecule has 0 atom stereocenters. The number of rotatable bonds is 5. The van der Waals surface area contributed by atoms with Crippen molar-refractivity contribution in [2.24, 2.45) is 0 Å². The largest absolute Gasteiger partial charge is 0.351 e. The van der Waals surface area contributed by atoms with E-state index >= 15 is 0 Å². The fraction of sp³-hybridized carbons (Fsp3) is 0.273. The first kappa shape index (κ1) is 18.1. The van der Waals surface area contributed by atoms with Gasteiger partial charge >= 0.3 is 0 Å². The molecule has 6 heteroatoms. The predicted molar refractivity (Wildman–Crippen MR) is 107 cm³/mol. The summed E-state index contributed by atoms with van der Waals surface area (Å²) in [5.41, 5.74) is 4.74. The van der Waals surface area contributed by atoms with Crippen molar-refractivity contribution in [2.45, 2.75) is 32.6 Å². The van der Waals surface area contributed by atoms with Gasteiger partial charge in [-0.3, -0.25) is 9.59 Å². The Bertz CT molecular complexity index is 1070. The molecular weight excluding hydrogens is 352 g/mol. The van der Waals surface area contributed by atoms with Gasteiger partial charge in [0, 0.05) is 30.0 Å². The fourth-order valence-electron chi connectivity index (χ4n) is 3.62. The number of aromatic nitrogens is 3. The van der Waals surface area contributed by atoms with Crippen LogP contribution >= 0.6 is 0 Å². The molecule has 0 fully saturated rings. The van der Waals surface area contributed by atoms with E-state index in [1.54, 1.807) is 12.1 Å². The Morgan fingerprint density at radius 1 is 1.11 bits per heavy atom. The van der Waals surface area contributed by atoms with Crippen LogP contribution in [-0.2, 0) is 19.3 Å². The van der Waals surface area contributed by atoms with Gasteiger partial charge in [0.2, 0.25) is 0 Å². The van der Waals surface area contributed by atoms with Crippen LogP contribution in [0.1, 0.15) is 39.6 Å². The summed E-state index contributed by atoms with van der Waals surface area (Å²) in [6.45, 7) is 2.40. The Hall–Kier alpha value is -3.28. The molecule has 0 aliphatic heterocycles. The lowest BCUT2D eigenvalue weighted by atomic mass is 10.1. The van der Waals surface area contributed by atoms with E-state index in [0.717, 1.165) is 42.0 Å². The number of pyridine rings is 1. The number of hydrogen-bond donors (Lipinski definition) is 2. The number of nitrogens with one attached hydrogen (secondary N) is 2. The van der Waals surface area contributed by atoms with Crippen molar-refractivity contribution >= 4 is 5.91 Å². The second-order valence-electron chi connectivity index (χ2n) is 6.99. The predicted octanol–water partition coefficient (Wildman–Crippen LogP) is 2.60. The second kappa shape index (κ2) is 7.76. The minimum Gasteiger partial charge on any atom is -0.351 e. The number of H-pyrrole nitrogens is 1. The molecule has 0 radical (unpaired) electrons. The lowest BCUT2D eigenvalue weighted by Gasteiger charge is -2.08. The second-order valence-corrected chi connectivity index (χ2v) is 6.99. The van der Waals surface area contributed by atoms with Crippen LogP contribution in [0.5, 0.6) is 0 Å². The fourth-order valence-corrected chi connectivity index (χ4v) is 3.62. The van der Waals surface area contributed by atoms with Gasteiger partial charge in [0.05, 0.1) is 0 Å². The van der Waals surface area contributed by atoms with E-state index < -0.39 is 11.5 Å². The van der Waals surface area contributed by atoms with Gasteiger partial charge in [-0.1, -0.05) is 30.3 Å². The highest BCUT2D eigenvalue weighted by Crippen LogP contribution is 2.22. The molecule has 4 rings (SSSR count). The van der Waals surface area contributed by atoms with Crippen LogP contribution < -0.4 is 10.9 Å². The molecule has 142 valence electrons. The number of nitrogens with zero attached hydrogens (tertiary/aromatic N) is 2. The number of carbonyl (C=O) groups is 1. The highest BCUT2D eigenvalue weighted by Gasteiger charge is 2.17. The van der Waals surface area contributed by atoms with Crippen molar-refractivity contribution in [1.29, 1.82) is 0 Å². The van der Waals surface area contributed by atoms with Crippen molar-refractivity contribution in [3.8, 4) is 11.3 Å². The summed E-state index contributed by atoms with van der Waals surface area (Å²) < 4.78 is 0. The van der Waals surface area contributed by atoms with Crippen LogP contribution in [0.25, 0.3) is 11.3 Å². The Balaban J connectivity index is 1.40. The third-order valence-electron chi connectivity index (χ3n) is 5.06. The lowest BCUT2D eigenvalue weighted by Crippen LogP contribution is -2.31.